The summed E-state index contributed by atoms with van der Waals surface area (Å²) in [7, 11) is 0. The number of carbonyl (C=O) groups excluding carboxylic acids is 1. The van der Waals surface area contributed by atoms with Crippen LogP contribution in [0.5, 0.6) is 0 Å². The van der Waals surface area contributed by atoms with Gasteiger partial charge in [0.15, 0.2) is 6.29 Å². The highest BCUT2D eigenvalue weighted by Gasteiger charge is 2.44. The zero-order valence-electron chi connectivity index (χ0n) is 57.8. The second-order valence-corrected chi connectivity index (χ2v) is 27.1. The van der Waals surface area contributed by atoms with Crippen LogP contribution in [0.4, 0.5) is 0 Å². The van der Waals surface area contributed by atoms with Crippen molar-refractivity contribution in [3.8, 4) is 0 Å². The summed E-state index contributed by atoms with van der Waals surface area (Å²) in [6.45, 7) is 3.82. The van der Waals surface area contributed by atoms with E-state index in [0.717, 1.165) is 44.9 Å². The fourth-order valence-electron chi connectivity index (χ4n) is 12.7. The number of carbonyl (C=O) groups is 1. The van der Waals surface area contributed by atoms with Gasteiger partial charge in [-0.25, -0.2) is 0 Å². The largest absolute Gasteiger partial charge is 0.394 e. The van der Waals surface area contributed by atoms with E-state index in [-0.39, 0.29) is 12.5 Å². The van der Waals surface area contributed by atoms with E-state index >= 15 is 0 Å². The monoisotopic (exact) mass is 1230 g/mol. The minimum atomic E-state index is -1.58. The van der Waals surface area contributed by atoms with Crippen LogP contribution < -0.4 is 5.32 Å². The number of rotatable bonds is 69. The molecular weight excluding hydrogens is 1080 g/mol. The Balaban J connectivity index is 2.10. The minimum absolute atomic E-state index is 0.182. The Bertz CT molecular complexity index is 1470. The highest BCUT2D eigenvalue weighted by atomic mass is 16.7. The lowest BCUT2D eigenvalue weighted by atomic mass is 9.99. The third-order valence-corrected chi connectivity index (χ3v) is 18.7. The lowest BCUT2D eigenvalue weighted by Gasteiger charge is -2.40. The molecule has 0 bridgehead atoms. The van der Waals surface area contributed by atoms with E-state index in [1.54, 1.807) is 6.08 Å². The summed E-state index contributed by atoms with van der Waals surface area (Å²) in [5.74, 6) is -0.182. The molecule has 0 aromatic rings. The van der Waals surface area contributed by atoms with Gasteiger partial charge in [0.05, 0.1) is 25.4 Å². The Morgan fingerprint density at radius 2 is 0.655 bits per heavy atom. The minimum Gasteiger partial charge on any atom is -0.394 e. The van der Waals surface area contributed by atoms with Gasteiger partial charge in [0.1, 0.15) is 24.4 Å². The van der Waals surface area contributed by atoms with E-state index < -0.39 is 49.5 Å². The molecule has 87 heavy (non-hydrogen) atoms. The maximum atomic E-state index is 13.1. The highest BCUT2D eigenvalue weighted by molar-refractivity contribution is 5.76. The van der Waals surface area contributed by atoms with E-state index in [0.29, 0.717) is 6.42 Å². The van der Waals surface area contributed by atoms with Crippen molar-refractivity contribution < 1.29 is 39.8 Å². The predicted octanol–water partition coefficient (Wildman–Crippen LogP) is 21.8. The van der Waals surface area contributed by atoms with Crippen molar-refractivity contribution >= 4 is 5.91 Å². The maximum Gasteiger partial charge on any atom is 0.220 e. The molecule has 1 saturated heterocycles. The number of amides is 1. The predicted molar refractivity (Wildman–Crippen MR) is 373 cm³/mol. The Kier molecular flexibility index (Phi) is 64.5. The van der Waals surface area contributed by atoms with Gasteiger partial charge < -0.3 is 40.3 Å². The van der Waals surface area contributed by atoms with Crippen LogP contribution in [-0.4, -0.2) is 87.5 Å². The van der Waals surface area contributed by atoms with E-state index in [2.05, 4.69) is 43.5 Å². The molecule has 0 aliphatic carbocycles. The van der Waals surface area contributed by atoms with Crippen molar-refractivity contribution in [1.82, 2.24) is 5.32 Å². The second kappa shape index (κ2) is 67.3. The van der Waals surface area contributed by atoms with Crippen LogP contribution >= 0.6 is 0 Å². The summed E-state index contributed by atoms with van der Waals surface area (Å²) in [5.41, 5.74) is 0. The number of nitrogens with one attached hydrogen (secondary N) is 1. The molecule has 514 valence electrons. The third-order valence-electron chi connectivity index (χ3n) is 18.7. The molecule has 0 saturated carbocycles. The number of hydrogen-bond acceptors (Lipinski definition) is 8. The average molecular weight is 1230 g/mol. The van der Waals surface area contributed by atoms with Crippen LogP contribution in [0.2, 0.25) is 0 Å². The van der Waals surface area contributed by atoms with E-state index in [4.69, 9.17) is 9.47 Å². The van der Waals surface area contributed by atoms with Crippen LogP contribution in [-0.2, 0) is 14.3 Å². The van der Waals surface area contributed by atoms with Crippen molar-refractivity contribution in [2.75, 3.05) is 13.2 Å². The van der Waals surface area contributed by atoms with Crippen LogP contribution in [0, 0.1) is 0 Å². The van der Waals surface area contributed by atoms with Gasteiger partial charge in [0, 0.05) is 6.42 Å². The van der Waals surface area contributed by atoms with Gasteiger partial charge >= 0.3 is 0 Å². The number of ether oxygens (including phenoxy) is 2. The first-order valence-electron chi connectivity index (χ1n) is 38.7. The zero-order chi connectivity index (χ0) is 62.8. The smallest absolute Gasteiger partial charge is 0.220 e. The molecule has 0 radical (unpaired) electrons. The van der Waals surface area contributed by atoms with E-state index in [1.165, 1.54) is 334 Å². The molecular formula is C78H149NO8. The molecule has 1 heterocycles. The molecule has 7 unspecified atom stereocenters. The summed E-state index contributed by atoms with van der Waals surface area (Å²) in [6, 6.07) is -0.828. The van der Waals surface area contributed by atoms with Gasteiger partial charge in [0.25, 0.3) is 0 Å². The maximum absolute atomic E-state index is 13.1. The van der Waals surface area contributed by atoms with Gasteiger partial charge in [-0.2, -0.15) is 0 Å². The SMILES string of the molecule is CCCCCCCCCCCCCCCCCCCCCC/C=C/CC/C=C/CC/C=C/C(O)C(COC1OC(CO)C(O)C(O)C1O)NC(=O)CCCCCCCCCCCCCCCCCCCCCCCCCCCCCCCCCCCC. The van der Waals surface area contributed by atoms with Crippen LogP contribution in [0.15, 0.2) is 36.5 Å². The van der Waals surface area contributed by atoms with Crippen molar-refractivity contribution in [2.24, 2.45) is 0 Å². The summed E-state index contributed by atoms with van der Waals surface area (Å²) in [4.78, 5) is 13.1. The molecule has 1 amide bonds. The first-order valence-corrected chi connectivity index (χ1v) is 38.7. The number of hydrogen-bond donors (Lipinski definition) is 6. The number of aliphatic hydroxyl groups excluding tert-OH is 5. The lowest BCUT2D eigenvalue weighted by molar-refractivity contribution is -0.302. The van der Waals surface area contributed by atoms with Crippen LogP contribution in [0.25, 0.3) is 0 Å². The van der Waals surface area contributed by atoms with Crippen molar-refractivity contribution in [1.29, 1.82) is 0 Å². The lowest BCUT2D eigenvalue weighted by Crippen LogP contribution is -2.60. The number of unbranched alkanes of at least 4 members (excludes halogenated alkanes) is 55. The Morgan fingerprint density at radius 3 is 0.966 bits per heavy atom. The average Bonchev–Trinajstić information content (AvgIpc) is 3.40. The van der Waals surface area contributed by atoms with Gasteiger partial charge in [-0.1, -0.05) is 384 Å². The molecule has 7 atom stereocenters. The first-order chi connectivity index (χ1) is 42.8. The van der Waals surface area contributed by atoms with Crippen molar-refractivity contribution in [2.45, 2.75) is 442 Å². The highest BCUT2D eigenvalue weighted by Crippen LogP contribution is 2.24. The fourth-order valence-corrected chi connectivity index (χ4v) is 12.7. The van der Waals surface area contributed by atoms with Crippen molar-refractivity contribution in [3.05, 3.63) is 36.5 Å². The Morgan fingerprint density at radius 1 is 0.379 bits per heavy atom. The normalized spacial score (nSPS) is 18.1. The van der Waals surface area contributed by atoms with Gasteiger partial charge in [-0.05, 0) is 44.9 Å². The summed E-state index contributed by atoms with van der Waals surface area (Å²) in [5, 5.41) is 54.8. The summed E-state index contributed by atoms with van der Waals surface area (Å²) < 4.78 is 11.3. The van der Waals surface area contributed by atoms with Gasteiger partial charge in [-0.3, -0.25) is 4.79 Å². The van der Waals surface area contributed by atoms with Crippen molar-refractivity contribution in [3.63, 3.8) is 0 Å². The van der Waals surface area contributed by atoms with E-state index in [9.17, 15) is 30.3 Å². The molecule has 9 nitrogen and oxygen atoms in total. The standard InChI is InChI=1S/C78H149NO8/c1-3-5-7-9-11-13-15-17-19-21-23-25-27-29-31-33-35-36-37-38-40-42-44-46-48-50-52-54-56-58-60-62-64-66-68-74(82)79-71(70-86-78-77(85)76(84)75(83)73(69-80)87-78)72(81)67-65-63-61-59-57-55-53-51-49-47-45-43-41-39-34-32-30-28-26-24-22-20-18-16-14-12-10-8-6-4-2/h49,51,57,59,65,67,71-73,75-78,80-81,83-85H,3-48,50,52-56,58,60-64,66,68-70H2,1-2H3,(H,79,82)/b51-49+,59-57+,67-65+. The molecule has 6 N–H and O–H groups in total. The Hall–Kier alpha value is -1.59. The Labute approximate surface area is 540 Å². The number of aliphatic hydroxyl groups is 5. The zero-order valence-corrected chi connectivity index (χ0v) is 57.8. The summed E-state index contributed by atoms with van der Waals surface area (Å²) >= 11 is 0. The molecule has 1 fully saturated rings. The molecule has 1 aliphatic rings. The fraction of sp³-hybridized carbons (Fsp3) is 0.910. The first kappa shape index (κ1) is 83.4. The molecule has 1 rings (SSSR count). The molecule has 1 aliphatic heterocycles. The van der Waals surface area contributed by atoms with Gasteiger partial charge in [-0.15, -0.1) is 0 Å². The van der Waals surface area contributed by atoms with Gasteiger partial charge in [0.2, 0.25) is 5.91 Å². The third kappa shape index (κ3) is 55.7. The second-order valence-electron chi connectivity index (χ2n) is 27.1. The topological polar surface area (TPSA) is 149 Å². The summed E-state index contributed by atoms with van der Waals surface area (Å²) in [6.07, 6.45) is 84.4. The molecule has 0 aromatic carbocycles. The van der Waals surface area contributed by atoms with Crippen LogP contribution in [0.3, 0.4) is 0 Å². The molecule has 0 spiro atoms. The van der Waals surface area contributed by atoms with E-state index in [1.807, 2.05) is 6.08 Å². The molecule has 0 aromatic heterocycles. The molecule has 9 heteroatoms. The quantitative estimate of drug-likeness (QED) is 0.0261. The van der Waals surface area contributed by atoms with Crippen LogP contribution in [0.1, 0.15) is 399 Å². The number of allylic oxidation sites excluding steroid dienone is 5.